The van der Waals surface area contributed by atoms with Crippen molar-refractivity contribution in [2.24, 2.45) is 11.8 Å². The highest BCUT2D eigenvalue weighted by molar-refractivity contribution is 5.93. The maximum Gasteiger partial charge on any atom is 0.407 e. The third-order valence-electron chi connectivity index (χ3n) is 7.80. The standard InChI is InChI=1S/C29H40N8O4/c1-19-11-14-36(24(38)10-13-30)17-20(19)16-35(5)25-23-12-15-37(26(23)32-18-31-25)27(39)33-21-6-8-22(9-7-21)34-28(40)41-29(2,3)4/h12,15-16,18-22H,6-11,14,17H2,1-5H3,(H-,33,34,39,40)/p+1/b35-16-/t19-,20?,21?,22?/m1/s1. The quantitative estimate of drug-likeness (QED) is 0.416. The van der Waals surface area contributed by atoms with E-state index in [1.807, 2.05) is 44.5 Å². The van der Waals surface area contributed by atoms with Gasteiger partial charge in [-0.15, -0.1) is 0 Å². The van der Waals surface area contributed by atoms with Gasteiger partial charge in [-0.05, 0) is 69.8 Å². The molecule has 2 fully saturated rings. The number of alkyl carbamates (subject to hydrolysis) is 1. The first-order chi connectivity index (χ1) is 19.4. The molecule has 3 heterocycles. The van der Waals surface area contributed by atoms with Gasteiger partial charge in [-0.1, -0.05) is 6.92 Å². The fourth-order valence-electron chi connectivity index (χ4n) is 5.54. The summed E-state index contributed by atoms with van der Waals surface area (Å²) in [7, 11) is 1.91. The number of aromatic nitrogens is 3. The minimum atomic E-state index is -0.542. The summed E-state index contributed by atoms with van der Waals surface area (Å²) in [5.41, 5.74) is -0.0324. The van der Waals surface area contributed by atoms with Crippen molar-refractivity contribution in [1.82, 2.24) is 30.1 Å². The summed E-state index contributed by atoms with van der Waals surface area (Å²) in [6.45, 7) is 8.88. The molecule has 0 bridgehead atoms. The van der Waals surface area contributed by atoms with E-state index in [9.17, 15) is 14.4 Å². The lowest BCUT2D eigenvalue weighted by Crippen LogP contribution is -2.45. The van der Waals surface area contributed by atoms with Crippen LogP contribution in [0.4, 0.5) is 15.4 Å². The number of piperidine rings is 1. The van der Waals surface area contributed by atoms with Crippen molar-refractivity contribution < 1.29 is 23.7 Å². The van der Waals surface area contributed by atoms with Crippen molar-refractivity contribution in [3.05, 3.63) is 18.6 Å². The van der Waals surface area contributed by atoms with Crippen molar-refractivity contribution in [1.29, 1.82) is 5.26 Å². The Labute approximate surface area is 240 Å². The first-order valence-corrected chi connectivity index (χ1v) is 14.3. The molecule has 2 aromatic rings. The van der Waals surface area contributed by atoms with Gasteiger partial charge in [0.2, 0.25) is 12.2 Å². The zero-order chi connectivity index (χ0) is 29.7. The first kappa shape index (κ1) is 30.0. The van der Waals surface area contributed by atoms with Crippen LogP contribution in [0.15, 0.2) is 18.6 Å². The predicted molar refractivity (Wildman–Crippen MR) is 153 cm³/mol. The van der Waals surface area contributed by atoms with Gasteiger partial charge in [-0.25, -0.2) is 14.2 Å². The van der Waals surface area contributed by atoms with Crippen LogP contribution in [0.5, 0.6) is 0 Å². The first-order valence-electron chi connectivity index (χ1n) is 14.3. The van der Waals surface area contributed by atoms with Crippen LogP contribution in [0, 0.1) is 23.2 Å². The van der Waals surface area contributed by atoms with E-state index in [1.54, 1.807) is 11.1 Å². The summed E-state index contributed by atoms with van der Waals surface area (Å²) >= 11 is 0. The Kier molecular flexibility index (Phi) is 9.25. The van der Waals surface area contributed by atoms with Crippen LogP contribution in [0.25, 0.3) is 11.0 Å². The molecule has 41 heavy (non-hydrogen) atoms. The number of nitrogens with zero attached hydrogens (tertiary/aromatic N) is 6. The summed E-state index contributed by atoms with van der Waals surface area (Å²) < 4.78 is 8.79. The number of hydrogen-bond acceptors (Lipinski definition) is 7. The highest BCUT2D eigenvalue weighted by Crippen LogP contribution is 2.26. The Morgan fingerprint density at radius 2 is 1.83 bits per heavy atom. The number of amides is 3. The number of nitriles is 1. The molecule has 4 rings (SSSR count). The Bertz CT molecular complexity index is 1350. The van der Waals surface area contributed by atoms with Gasteiger partial charge in [0.25, 0.3) is 0 Å². The molecule has 2 atom stereocenters. The lowest BCUT2D eigenvalue weighted by atomic mass is 9.87. The van der Waals surface area contributed by atoms with Gasteiger partial charge in [-0.2, -0.15) is 10.2 Å². The molecule has 1 unspecified atom stereocenters. The summed E-state index contributed by atoms with van der Waals surface area (Å²) in [5.74, 6) is 1.00. The maximum absolute atomic E-state index is 13.2. The van der Waals surface area contributed by atoms with Gasteiger partial charge in [0, 0.05) is 37.3 Å². The van der Waals surface area contributed by atoms with Crippen LogP contribution in [0.2, 0.25) is 0 Å². The molecule has 220 valence electrons. The molecule has 3 amide bonds. The molecule has 1 aliphatic carbocycles. The normalized spacial score (nSPS) is 23.5. The third-order valence-corrected chi connectivity index (χ3v) is 7.80. The molecule has 1 saturated carbocycles. The Morgan fingerprint density at radius 3 is 2.49 bits per heavy atom. The fourth-order valence-corrected chi connectivity index (χ4v) is 5.54. The van der Waals surface area contributed by atoms with E-state index in [4.69, 9.17) is 10.00 Å². The second kappa shape index (κ2) is 12.7. The van der Waals surface area contributed by atoms with Crippen LogP contribution in [-0.2, 0) is 9.53 Å². The summed E-state index contributed by atoms with van der Waals surface area (Å²) in [4.78, 5) is 48.2. The molecule has 2 aliphatic rings. The van der Waals surface area contributed by atoms with Crippen LogP contribution in [0.3, 0.4) is 0 Å². The van der Waals surface area contributed by atoms with Crippen LogP contribution in [0.1, 0.15) is 66.2 Å². The summed E-state index contributed by atoms with van der Waals surface area (Å²) in [6, 6.07) is 3.54. The van der Waals surface area contributed by atoms with Gasteiger partial charge in [0.05, 0.1) is 19.3 Å². The topological polar surface area (TPSA) is 145 Å². The number of likely N-dealkylation sites (tertiary alicyclic amines) is 1. The Morgan fingerprint density at radius 1 is 1.15 bits per heavy atom. The number of nitrogens with one attached hydrogen (secondary N) is 2. The Hall–Kier alpha value is -4.01. The average molecular weight is 566 g/mol. The lowest BCUT2D eigenvalue weighted by Gasteiger charge is -2.34. The van der Waals surface area contributed by atoms with Gasteiger partial charge in [0.15, 0.2) is 5.65 Å². The second-order valence-electron chi connectivity index (χ2n) is 12.1. The van der Waals surface area contributed by atoms with E-state index in [0.29, 0.717) is 30.5 Å². The maximum atomic E-state index is 13.2. The van der Waals surface area contributed by atoms with E-state index in [-0.39, 0.29) is 36.4 Å². The molecule has 0 aromatic carbocycles. The average Bonchev–Trinajstić information content (AvgIpc) is 3.34. The van der Waals surface area contributed by atoms with E-state index in [1.165, 1.54) is 10.9 Å². The molecule has 0 spiro atoms. The molecule has 0 radical (unpaired) electrons. The smallest absolute Gasteiger partial charge is 0.407 e. The number of carbonyl (C=O) groups excluding carboxylic acids is 3. The van der Waals surface area contributed by atoms with Crippen LogP contribution in [-0.4, -0.2) is 86.1 Å². The molecule has 1 aliphatic heterocycles. The second-order valence-corrected chi connectivity index (χ2v) is 12.1. The zero-order valence-corrected chi connectivity index (χ0v) is 24.6. The number of rotatable bonds is 5. The number of carbonyl (C=O) groups is 3. The van der Waals surface area contributed by atoms with Gasteiger partial charge in [0.1, 0.15) is 17.4 Å². The van der Waals surface area contributed by atoms with Crippen molar-refractivity contribution in [2.45, 2.75) is 83.9 Å². The number of fused-ring (bicyclic) bond motifs is 1. The van der Waals surface area contributed by atoms with E-state index >= 15 is 0 Å². The lowest BCUT2D eigenvalue weighted by molar-refractivity contribution is -0.405. The number of ether oxygens (including phenoxy) is 1. The van der Waals surface area contributed by atoms with Crippen LogP contribution >= 0.6 is 0 Å². The Balaban J connectivity index is 1.40. The predicted octanol–water partition coefficient (Wildman–Crippen LogP) is 3.57. The minimum absolute atomic E-state index is 0.00608. The molecule has 1 saturated heterocycles. The van der Waals surface area contributed by atoms with Crippen molar-refractivity contribution in [2.75, 3.05) is 20.1 Å². The summed E-state index contributed by atoms with van der Waals surface area (Å²) in [6.07, 6.45) is 8.56. The van der Waals surface area contributed by atoms with Gasteiger partial charge < -0.3 is 20.3 Å². The highest BCUT2D eigenvalue weighted by Gasteiger charge is 2.30. The molecule has 2 aromatic heterocycles. The molecular formula is C29H41N8O4+. The molecule has 12 heteroatoms. The molecular weight excluding hydrogens is 524 g/mol. The highest BCUT2D eigenvalue weighted by atomic mass is 16.6. The zero-order valence-electron chi connectivity index (χ0n) is 24.6. The SMILES string of the molecule is C[C@@H]1CCN(C(=O)CC#N)CC1/C=[N+](/C)c1ncnc2c1ccn2C(=O)NC1CCC(NC(=O)OC(C)(C)C)CC1. The monoisotopic (exact) mass is 565 g/mol. The molecule has 2 N–H and O–H groups in total. The molecule has 12 nitrogen and oxygen atoms in total. The number of hydrogen-bond donors (Lipinski definition) is 2. The van der Waals surface area contributed by atoms with Crippen LogP contribution < -0.4 is 10.6 Å². The fraction of sp³-hybridized carbons (Fsp3) is 0.621. The van der Waals surface area contributed by atoms with Crippen molar-refractivity contribution in [3.8, 4) is 6.07 Å². The van der Waals surface area contributed by atoms with Gasteiger partial charge >= 0.3 is 17.9 Å². The third kappa shape index (κ3) is 7.60. The summed E-state index contributed by atoms with van der Waals surface area (Å²) in [5, 5.41) is 15.7. The van der Waals surface area contributed by atoms with Crippen molar-refractivity contribution >= 4 is 41.1 Å². The van der Waals surface area contributed by atoms with E-state index in [2.05, 4.69) is 33.7 Å². The van der Waals surface area contributed by atoms with E-state index in [0.717, 1.165) is 37.5 Å². The van der Waals surface area contributed by atoms with Gasteiger partial charge in [-0.3, -0.25) is 9.36 Å². The largest absolute Gasteiger partial charge is 0.444 e. The van der Waals surface area contributed by atoms with Crippen molar-refractivity contribution in [3.63, 3.8) is 0 Å². The van der Waals surface area contributed by atoms with E-state index < -0.39 is 11.7 Å². The minimum Gasteiger partial charge on any atom is -0.444 e.